The Labute approximate surface area is 118 Å². The molecule has 0 aliphatic rings. The molecule has 0 amide bonds. The second kappa shape index (κ2) is 5.42. The normalized spacial score (nSPS) is 11.1. The average Bonchev–Trinajstić information content (AvgIpc) is 2.46. The SMILES string of the molecule is COc1cccc(N(C)S(=O)(=O)c2cccc(N)c2)c1. The summed E-state index contributed by atoms with van der Waals surface area (Å²) in [6, 6.07) is 13.1. The second-order valence-electron chi connectivity index (χ2n) is 4.25. The van der Waals surface area contributed by atoms with Crippen LogP contribution < -0.4 is 14.8 Å². The molecule has 0 fully saturated rings. The standard InChI is InChI=1S/C14H16N2O3S/c1-16(12-6-4-7-13(10-12)19-2)20(17,18)14-8-3-5-11(15)9-14/h3-10H,15H2,1-2H3. The van der Waals surface area contributed by atoms with Crippen molar-refractivity contribution in [2.24, 2.45) is 0 Å². The molecule has 2 N–H and O–H groups in total. The van der Waals surface area contributed by atoms with E-state index in [1.54, 1.807) is 36.4 Å². The molecule has 2 aromatic carbocycles. The summed E-state index contributed by atoms with van der Waals surface area (Å²) >= 11 is 0. The van der Waals surface area contributed by atoms with Gasteiger partial charge in [-0.05, 0) is 30.3 Å². The highest BCUT2D eigenvalue weighted by molar-refractivity contribution is 7.92. The lowest BCUT2D eigenvalue weighted by Crippen LogP contribution is -2.26. The molecule has 106 valence electrons. The van der Waals surface area contributed by atoms with E-state index in [0.717, 1.165) is 0 Å². The van der Waals surface area contributed by atoms with Gasteiger partial charge in [0.1, 0.15) is 5.75 Å². The molecule has 0 saturated carbocycles. The van der Waals surface area contributed by atoms with Gasteiger partial charge >= 0.3 is 0 Å². The minimum Gasteiger partial charge on any atom is -0.497 e. The molecule has 0 heterocycles. The van der Waals surface area contributed by atoms with Crippen molar-refractivity contribution in [3.63, 3.8) is 0 Å². The third kappa shape index (κ3) is 2.70. The maximum absolute atomic E-state index is 12.5. The van der Waals surface area contributed by atoms with Gasteiger partial charge in [-0.15, -0.1) is 0 Å². The van der Waals surface area contributed by atoms with Gasteiger partial charge in [0, 0.05) is 18.8 Å². The lowest BCUT2D eigenvalue weighted by atomic mass is 10.3. The molecule has 0 bridgehead atoms. The van der Waals surface area contributed by atoms with Gasteiger partial charge in [0.2, 0.25) is 0 Å². The average molecular weight is 292 g/mol. The molecule has 0 aliphatic heterocycles. The Morgan fingerprint density at radius 3 is 2.45 bits per heavy atom. The summed E-state index contributed by atoms with van der Waals surface area (Å²) in [5.41, 5.74) is 6.56. The van der Waals surface area contributed by atoms with E-state index in [2.05, 4.69) is 0 Å². The van der Waals surface area contributed by atoms with Crippen molar-refractivity contribution in [2.75, 3.05) is 24.2 Å². The zero-order chi connectivity index (χ0) is 14.8. The largest absolute Gasteiger partial charge is 0.497 e. The van der Waals surface area contributed by atoms with Crippen LogP contribution in [0.25, 0.3) is 0 Å². The van der Waals surface area contributed by atoms with Crippen molar-refractivity contribution in [2.45, 2.75) is 4.90 Å². The topological polar surface area (TPSA) is 72.6 Å². The highest BCUT2D eigenvalue weighted by Gasteiger charge is 2.21. The Morgan fingerprint density at radius 2 is 1.80 bits per heavy atom. The third-order valence-corrected chi connectivity index (χ3v) is 4.71. The van der Waals surface area contributed by atoms with Crippen LogP contribution in [0.15, 0.2) is 53.4 Å². The van der Waals surface area contributed by atoms with Crippen molar-refractivity contribution in [3.05, 3.63) is 48.5 Å². The van der Waals surface area contributed by atoms with Crippen molar-refractivity contribution in [3.8, 4) is 5.75 Å². The Balaban J connectivity index is 2.43. The summed E-state index contributed by atoms with van der Waals surface area (Å²) in [7, 11) is -0.615. The number of benzene rings is 2. The number of methoxy groups -OCH3 is 1. The molecular weight excluding hydrogens is 276 g/mol. The minimum absolute atomic E-state index is 0.155. The van der Waals surface area contributed by atoms with Crippen LogP contribution in [-0.4, -0.2) is 22.6 Å². The molecule has 0 spiro atoms. The number of ether oxygens (including phenoxy) is 1. The van der Waals surface area contributed by atoms with E-state index in [0.29, 0.717) is 17.1 Å². The quantitative estimate of drug-likeness (QED) is 0.876. The first kappa shape index (κ1) is 14.2. The number of hydrogen-bond acceptors (Lipinski definition) is 4. The summed E-state index contributed by atoms with van der Waals surface area (Å²) in [5, 5.41) is 0. The summed E-state index contributed by atoms with van der Waals surface area (Å²) in [5.74, 6) is 0.595. The summed E-state index contributed by atoms with van der Waals surface area (Å²) < 4.78 is 31.3. The van der Waals surface area contributed by atoms with Gasteiger partial charge in [-0.25, -0.2) is 8.42 Å². The molecule has 0 aliphatic carbocycles. The predicted molar refractivity (Wildman–Crippen MR) is 79.4 cm³/mol. The fourth-order valence-corrected chi connectivity index (χ4v) is 3.02. The zero-order valence-electron chi connectivity index (χ0n) is 11.3. The van der Waals surface area contributed by atoms with Crippen LogP contribution in [0.1, 0.15) is 0 Å². The van der Waals surface area contributed by atoms with E-state index in [9.17, 15) is 8.42 Å². The van der Waals surface area contributed by atoms with Crippen LogP contribution in [0, 0.1) is 0 Å². The number of nitrogens with two attached hydrogens (primary N) is 1. The smallest absolute Gasteiger partial charge is 0.264 e. The van der Waals surface area contributed by atoms with Crippen molar-refractivity contribution in [1.82, 2.24) is 0 Å². The van der Waals surface area contributed by atoms with Crippen molar-refractivity contribution in [1.29, 1.82) is 0 Å². The number of hydrogen-bond donors (Lipinski definition) is 1. The summed E-state index contributed by atoms with van der Waals surface area (Å²) in [4.78, 5) is 0.155. The number of rotatable bonds is 4. The van der Waals surface area contributed by atoms with E-state index in [4.69, 9.17) is 10.5 Å². The molecule has 2 rings (SSSR count). The molecule has 0 aromatic heterocycles. The highest BCUT2D eigenvalue weighted by Crippen LogP contribution is 2.26. The van der Waals surface area contributed by atoms with Gasteiger partial charge in [-0.1, -0.05) is 12.1 Å². The Hall–Kier alpha value is -2.21. The van der Waals surface area contributed by atoms with Gasteiger partial charge in [0.25, 0.3) is 10.0 Å². The van der Waals surface area contributed by atoms with E-state index >= 15 is 0 Å². The van der Waals surface area contributed by atoms with Crippen molar-refractivity contribution < 1.29 is 13.2 Å². The Morgan fingerprint density at radius 1 is 1.10 bits per heavy atom. The second-order valence-corrected chi connectivity index (χ2v) is 6.22. The molecule has 6 heteroatoms. The fourth-order valence-electron chi connectivity index (χ4n) is 1.78. The Bertz CT molecular complexity index is 714. The molecule has 0 atom stereocenters. The molecule has 5 nitrogen and oxygen atoms in total. The van der Waals surface area contributed by atoms with Crippen molar-refractivity contribution >= 4 is 21.4 Å². The van der Waals surface area contributed by atoms with Gasteiger partial charge in [0.05, 0.1) is 17.7 Å². The van der Waals surface area contributed by atoms with Gasteiger partial charge in [0.15, 0.2) is 0 Å². The third-order valence-electron chi connectivity index (χ3n) is 2.93. The minimum atomic E-state index is -3.64. The monoisotopic (exact) mass is 292 g/mol. The van der Waals surface area contributed by atoms with Crippen LogP contribution >= 0.6 is 0 Å². The highest BCUT2D eigenvalue weighted by atomic mass is 32.2. The van der Waals surface area contributed by atoms with Crippen LogP contribution in [0.4, 0.5) is 11.4 Å². The first-order valence-corrected chi connectivity index (χ1v) is 7.37. The van der Waals surface area contributed by atoms with E-state index < -0.39 is 10.0 Å². The predicted octanol–water partition coefficient (Wildman–Crippen LogP) is 2.10. The molecule has 2 aromatic rings. The van der Waals surface area contributed by atoms with Crippen LogP contribution in [0.3, 0.4) is 0 Å². The number of nitrogens with zero attached hydrogens (tertiary/aromatic N) is 1. The summed E-state index contributed by atoms with van der Waals surface area (Å²) in [6.45, 7) is 0. The van der Waals surface area contributed by atoms with Gasteiger partial charge in [-0.2, -0.15) is 0 Å². The first-order chi connectivity index (χ1) is 9.45. The zero-order valence-corrected chi connectivity index (χ0v) is 12.1. The maximum atomic E-state index is 12.5. The van der Waals surface area contributed by atoms with E-state index in [-0.39, 0.29) is 4.90 Å². The molecule has 0 radical (unpaired) electrons. The first-order valence-electron chi connectivity index (χ1n) is 5.93. The lowest BCUT2D eigenvalue weighted by Gasteiger charge is -2.20. The molecule has 0 unspecified atom stereocenters. The number of nitrogen functional groups attached to an aromatic ring is 1. The van der Waals surface area contributed by atoms with Crippen LogP contribution in [0.5, 0.6) is 5.75 Å². The number of anilines is 2. The Kier molecular flexibility index (Phi) is 3.85. The maximum Gasteiger partial charge on any atom is 0.264 e. The van der Waals surface area contributed by atoms with E-state index in [1.165, 1.54) is 30.6 Å². The van der Waals surface area contributed by atoms with Crippen LogP contribution in [0.2, 0.25) is 0 Å². The lowest BCUT2D eigenvalue weighted by molar-refractivity contribution is 0.415. The van der Waals surface area contributed by atoms with Crippen LogP contribution in [-0.2, 0) is 10.0 Å². The summed E-state index contributed by atoms with van der Waals surface area (Å²) in [6.07, 6.45) is 0. The number of sulfonamides is 1. The molecular formula is C14H16N2O3S. The van der Waals surface area contributed by atoms with Gasteiger partial charge < -0.3 is 10.5 Å². The fraction of sp³-hybridized carbons (Fsp3) is 0.143. The molecule has 20 heavy (non-hydrogen) atoms. The van der Waals surface area contributed by atoms with E-state index in [1.807, 2.05) is 0 Å². The molecule has 0 saturated heterocycles. The van der Waals surface area contributed by atoms with Gasteiger partial charge in [-0.3, -0.25) is 4.31 Å².